The second kappa shape index (κ2) is 11.9. The molecular formula is C31H33FN2O3. The summed E-state index contributed by atoms with van der Waals surface area (Å²) < 4.78 is 24.6. The van der Waals surface area contributed by atoms with Gasteiger partial charge < -0.3 is 14.9 Å². The van der Waals surface area contributed by atoms with Crippen molar-refractivity contribution >= 4 is 29.3 Å². The van der Waals surface area contributed by atoms with Crippen LogP contribution in [0.2, 0.25) is 0 Å². The Labute approximate surface area is 219 Å². The van der Waals surface area contributed by atoms with Gasteiger partial charge in [-0.1, -0.05) is 55.7 Å². The molecule has 0 aliphatic heterocycles. The quantitative estimate of drug-likeness (QED) is 0.346. The molecule has 37 heavy (non-hydrogen) atoms. The van der Waals surface area contributed by atoms with E-state index >= 15 is 4.39 Å². The molecule has 0 unspecified atom stereocenters. The summed E-state index contributed by atoms with van der Waals surface area (Å²) >= 11 is 0. The molecule has 6 heteroatoms. The van der Waals surface area contributed by atoms with E-state index in [9.17, 15) is 9.59 Å². The molecular weight excluding hydrogens is 467 g/mol. The number of carbonyl (C=O) groups is 2. The molecule has 0 spiro atoms. The van der Waals surface area contributed by atoms with Gasteiger partial charge in [0.1, 0.15) is 5.82 Å². The van der Waals surface area contributed by atoms with Gasteiger partial charge in [-0.15, -0.1) is 0 Å². The van der Waals surface area contributed by atoms with Crippen LogP contribution in [-0.4, -0.2) is 31.1 Å². The molecule has 4 rings (SSSR count). The Morgan fingerprint density at radius 1 is 0.973 bits per heavy atom. The van der Waals surface area contributed by atoms with Crippen LogP contribution in [0.15, 0.2) is 72.8 Å². The monoisotopic (exact) mass is 501 g/mol. The number of rotatable bonds is 8. The van der Waals surface area contributed by atoms with E-state index in [-0.39, 0.29) is 17.4 Å². The molecule has 3 aromatic carbocycles. The van der Waals surface area contributed by atoms with Crippen LogP contribution in [0.1, 0.15) is 44.6 Å². The van der Waals surface area contributed by atoms with Gasteiger partial charge in [0.15, 0.2) is 0 Å². The molecule has 0 bridgehead atoms. The minimum absolute atomic E-state index is 0.106. The van der Waals surface area contributed by atoms with Crippen molar-refractivity contribution in [3.8, 4) is 11.1 Å². The zero-order valence-electron chi connectivity index (χ0n) is 22.2. The van der Waals surface area contributed by atoms with Gasteiger partial charge in [-0.25, -0.2) is 9.18 Å². The van der Waals surface area contributed by atoms with Crippen LogP contribution in [-0.2, 0) is 16.1 Å². The second-order valence-corrected chi connectivity index (χ2v) is 9.62. The van der Waals surface area contributed by atoms with Gasteiger partial charge in [-0.05, 0) is 65.9 Å². The zero-order chi connectivity index (χ0) is 27.2. The predicted octanol–water partition coefficient (Wildman–Crippen LogP) is 6.77. The topological polar surface area (TPSA) is 60.9 Å². The summed E-state index contributed by atoms with van der Waals surface area (Å²) in [6.07, 6.45) is 6.91. The van der Waals surface area contributed by atoms with Gasteiger partial charge in [0.05, 0.1) is 7.89 Å². The fourth-order valence-corrected chi connectivity index (χ4v) is 4.66. The molecule has 1 aliphatic carbocycles. The number of carboxylic acid groups (broad SMARTS) is 1. The Balaban J connectivity index is 1.69. The number of amides is 1. The van der Waals surface area contributed by atoms with E-state index in [1.54, 1.807) is 36.4 Å². The first-order chi connectivity index (χ1) is 18.2. The lowest BCUT2D eigenvalue weighted by Gasteiger charge is -2.30. The maximum absolute atomic E-state index is 15.5. The highest BCUT2D eigenvalue weighted by Gasteiger charge is 2.28. The van der Waals surface area contributed by atoms with Crippen molar-refractivity contribution in [2.45, 2.75) is 38.6 Å². The smallest absolute Gasteiger partial charge is 0.328 e. The normalized spacial score (nSPS) is 15.3. The van der Waals surface area contributed by atoms with E-state index in [4.69, 9.17) is 6.48 Å². The summed E-state index contributed by atoms with van der Waals surface area (Å²) in [4.78, 5) is 28.1. The summed E-state index contributed by atoms with van der Waals surface area (Å²) in [7, 11) is 3.91. The first-order valence-corrected chi connectivity index (χ1v) is 12.6. The van der Waals surface area contributed by atoms with Crippen molar-refractivity contribution in [3.05, 3.63) is 89.8 Å². The van der Waals surface area contributed by atoms with E-state index in [1.165, 1.54) is 17.0 Å². The first kappa shape index (κ1) is 24.8. The molecule has 1 aliphatic rings. The lowest BCUT2D eigenvalue weighted by molar-refractivity contribution is -0.131. The fraction of sp³-hybridized carbons (Fsp3) is 0.290. The van der Waals surface area contributed by atoms with Crippen molar-refractivity contribution in [2.75, 3.05) is 23.9 Å². The summed E-state index contributed by atoms with van der Waals surface area (Å²) in [6.45, 7) is -1.30. The Hall–Kier alpha value is -3.93. The van der Waals surface area contributed by atoms with Crippen LogP contribution in [0.25, 0.3) is 17.2 Å². The van der Waals surface area contributed by atoms with E-state index in [0.29, 0.717) is 16.8 Å². The molecule has 1 saturated carbocycles. The van der Waals surface area contributed by atoms with Crippen molar-refractivity contribution < 1.29 is 20.5 Å². The number of carbonyl (C=O) groups excluding carboxylic acids is 1. The summed E-state index contributed by atoms with van der Waals surface area (Å²) in [5.41, 5.74) is 3.71. The minimum atomic E-state index is -1.30. The number of aliphatic carboxylic acids is 1. The maximum Gasteiger partial charge on any atom is 0.328 e. The zero-order valence-corrected chi connectivity index (χ0v) is 21.2. The summed E-state index contributed by atoms with van der Waals surface area (Å²) in [5.74, 6) is -2.07. The average molecular weight is 502 g/mol. The van der Waals surface area contributed by atoms with Gasteiger partial charge in [0.2, 0.25) is 5.91 Å². The van der Waals surface area contributed by atoms with Crippen molar-refractivity contribution in [3.63, 3.8) is 0 Å². The molecule has 0 saturated heterocycles. The molecule has 192 valence electrons. The average Bonchev–Trinajstić information content (AvgIpc) is 2.92. The van der Waals surface area contributed by atoms with E-state index in [2.05, 4.69) is 0 Å². The van der Waals surface area contributed by atoms with Gasteiger partial charge in [0.25, 0.3) is 0 Å². The van der Waals surface area contributed by atoms with Crippen LogP contribution in [0.5, 0.6) is 0 Å². The number of carboxylic acids is 1. The number of benzene rings is 3. The highest BCUT2D eigenvalue weighted by molar-refractivity contribution is 5.95. The van der Waals surface area contributed by atoms with Crippen LogP contribution in [0, 0.1) is 11.7 Å². The van der Waals surface area contributed by atoms with Crippen molar-refractivity contribution in [1.82, 2.24) is 0 Å². The highest BCUT2D eigenvalue weighted by atomic mass is 19.1. The maximum atomic E-state index is 15.5. The molecule has 0 heterocycles. The standard InChI is InChI=1S/C31H33FN2O3/c1-33(2)27-16-14-23(15-17-27)25-12-13-26(29(32)20-25)21-34(31(37)24-8-4-3-5-9-24)28-10-6-7-22(19-28)11-18-30(35)36/h6-7,10-20,24H,3-5,8-9,21H2,1-2H3,(H,35,36)/b18-11+/i21D/t21-/m1/s1. The second-order valence-electron chi connectivity index (χ2n) is 9.62. The largest absolute Gasteiger partial charge is 0.478 e. The number of hydrogen-bond donors (Lipinski definition) is 1. The number of halogens is 1. The molecule has 0 radical (unpaired) electrons. The third kappa shape index (κ3) is 6.64. The third-order valence-electron chi connectivity index (χ3n) is 6.74. The van der Waals surface area contributed by atoms with Crippen molar-refractivity contribution in [2.24, 2.45) is 5.92 Å². The fourth-order valence-electron chi connectivity index (χ4n) is 4.66. The number of anilines is 2. The molecule has 1 atom stereocenters. The van der Waals surface area contributed by atoms with Gasteiger partial charge >= 0.3 is 5.97 Å². The summed E-state index contributed by atoms with van der Waals surface area (Å²) in [6, 6.07) is 19.4. The molecule has 1 fully saturated rings. The Bertz CT molecular complexity index is 1320. The molecule has 3 aromatic rings. The number of hydrogen-bond acceptors (Lipinski definition) is 3. The first-order valence-electron chi connectivity index (χ1n) is 13.2. The van der Waals surface area contributed by atoms with E-state index in [1.807, 2.05) is 43.3 Å². The van der Waals surface area contributed by atoms with Gasteiger partial charge in [-0.3, -0.25) is 4.79 Å². The predicted molar refractivity (Wildman–Crippen MR) is 147 cm³/mol. The molecule has 0 aromatic heterocycles. The van der Waals surface area contributed by atoms with Gasteiger partial charge in [-0.2, -0.15) is 0 Å². The third-order valence-corrected chi connectivity index (χ3v) is 6.74. The molecule has 1 amide bonds. The Morgan fingerprint density at radius 2 is 1.68 bits per heavy atom. The van der Waals surface area contributed by atoms with Crippen LogP contribution in [0.4, 0.5) is 15.8 Å². The molecule has 1 N–H and O–H groups in total. The van der Waals surface area contributed by atoms with Crippen LogP contribution < -0.4 is 9.80 Å². The molecule has 5 nitrogen and oxygen atoms in total. The van der Waals surface area contributed by atoms with Gasteiger partial charge in [0, 0.05) is 43.0 Å². The van der Waals surface area contributed by atoms with Crippen molar-refractivity contribution in [1.29, 1.82) is 0 Å². The lowest BCUT2D eigenvalue weighted by atomic mass is 9.88. The highest BCUT2D eigenvalue weighted by Crippen LogP contribution is 2.31. The lowest BCUT2D eigenvalue weighted by Crippen LogP contribution is -2.37. The van der Waals surface area contributed by atoms with E-state index in [0.717, 1.165) is 49.4 Å². The Morgan fingerprint density at radius 3 is 2.32 bits per heavy atom. The minimum Gasteiger partial charge on any atom is -0.478 e. The Kier molecular flexibility index (Phi) is 7.94. The SMILES string of the molecule is [2H][C@H](c1ccc(-c2ccc(N(C)C)cc2)cc1F)N(C(=O)C1CCCCC1)c1cccc(/C=C/C(=O)O)c1. The van der Waals surface area contributed by atoms with E-state index < -0.39 is 18.3 Å². The van der Waals surface area contributed by atoms with Crippen LogP contribution >= 0.6 is 0 Å². The summed E-state index contributed by atoms with van der Waals surface area (Å²) in [5, 5.41) is 9.00. The number of nitrogens with zero attached hydrogens (tertiary/aromatic N) is 2. The van der Waals surface area contributed by atoms with Crippen LogP contribution in [0.3, 0.4) is 0 Å².